The number of alkyl halides is 5. The summed E-state index contributed by atoms with van der Waals surface area (Å²) in [5.74, 6) is 1.32. The zero-order valence-electron chi connectivity index (χ0n) is 19.9. The van der Waals surface area contributed by atoms with Gasteiger partial charge in [0.15, 0.2) is 17.3 Å². The van der Waals surface area contributed by atoms with E-state index < -0.39 is 64.6 Å². The summed E-state index contributed by atoms with van der Waals surface area (Å²) in [4.78, 5) is 21.1. The Bertz CT molecular complexity index is 1480. The van der Waals surface area contributed by atoms with Crippen LogP contribution in [0.25, 0.3) is 10.9 Å². The Morgan fingerprint density at radius 1 is 1.14 bits per heavy atom. The van der Waals surface area contributed by atoms with E-state index in [4.69, 9.17) is 0 Å². The molecule has 0 atom stereocenters. The maximum absolute atomic E-state index is 15.5. The zero-order chi connectivity index (χ0) is 27.3. The molecular weight excluding hydrogens is 505 g/mol. The third-order valence-electron chi connectivity index (χ3n) is 5.97. The molecule has 0 radical (unpaired) electrons. The number of halogens is 7. The minimum atomic E-state index is -4.62. The molecule has 5 nitrogen and oxygen atoms in total. The molecule has 0 bridgehead atoms. The Balaban J connectivity index is 1.94. The molecule has 1 aromatic carbocycles. The van der Waals surface area contributed by atoms with Gasteiger partial charge in [0.05, 0.1) is 23.1 Å². The lowest BCUT2D eigenvalue weighted by Crippen LogP contribution is -2.38. The SMILES string of the molecule is CC(C)(C)n1c(=O)nc(N(CC(F)F)c2ccnc(C#CC3(C(F)(F)F)CC3)c2F)c2c(F)cccc21. The predicted octanol–water partition coefficient (Wildman–Crippen LogP) is 5.92. The highest BCUT2D eigenvalue weighted by Crippen LogP contribution is 2.57. The number of nitrogens with zero attached hydrogens (tertiary/aromatic N) is 4. The van der Waals surface area contributed by atoms with Gasteiger partial charge in [-0.15, -0.1) is 0 Å². The minimum absolute atomic E-state index is 0.0390. The fourth-order valence-corrected chi connectivity index (χ4v) is 4.01. The Morgan fingerprint density at radius 3 is 2.38 bits per heavy atom. The molecule has 2 aromatic heterocycles. The minimum Gasteiger partial charge on any atom is -0.317 e. The Hall–Kier alpha value is -3.62. The van der Waals surface area contributed by atoms with Crippen LogP contribution in [0, 0.1) is 28.9 Å². The molecule has 37 heavy (non-hydrogen) atoms. The summed E-state index contributed by atoms with van der Waals surface area (Å²) in [6, 6.07) is 4.75. The van der Waals surface area contributed by atoms with Crippen molar-refractivity contribution in [3.63, 3.8) is 0 Å². The highest BCUT2D eigenvalue weighted by atomic mass is 19.4. The second-order valence-corrected chi connectivity index (χ2v) is 9.68. The molecule has 1 fully saturated rings. The maximum Gasteiger partial charge on any atom is 0.405 e. The Morgan fingerprint density at radius 2 is 1.81 bits per heavy atom. The van der Waals surface area contributed by atoms with Gasteiger partial charge in [-0.1, -0.05) is 12.0 Å². The smallest absolute Gasteiger partial charge is 0.317 e. The van der Waals surface area contributed by atoms with Crippen LogP contribution >= 0.6 is 0 Å². The molecule has 196 valence electrons. The molecule has 2 heterocycles. The van der Waals surface area contributed by atoms with E-state index in [1.54, 1.807) is 20.8 Å². The van der Waals surface area contributed by atoms with Gasteiger partial charge in [-0.2, -0.15) is 18.2 Å². The lowest BCUT2D eigenvalue weighted by atomic mass is 10.1. The van der Waals surface area contributed by atoms with Crippen LogP contribution in [0.3, 0.4) is 0 Å². The van der Waals surface area contributed by atoms with E-state index >= 15 is 8.78 Å². The second kappa shape index (κ2) is 9.04. The standard InChI is InChI=1S/C25H21F7N4O/c1-23(2,3)36-16-6-4-5-14(26)19(16)21(34-22(36)37)35(13-18(27)28)17-8-12-33-15(20(17)29)7-9-24(10-11-24)25(30,31)32/h4-6,8,12,18H,10-11,13H2,1-3H3. The van der Waals surface area contributed by atoms with Crippen molar-refractivity contribution in [1.82, 2.24) is 14.5 Å². The summed E-state index contributed by atoms with van der Waals surface area (Å²) in [7, 11) is 0. The number of anilines is 2. The van der Waals surface area contributed by atoms with Gasteiger partial charge in [-0.3, -0.25) is 4.57 Å². The molecule has 1 aliphatic carbocycles. The van der Waals surface area contributed by atoms with Crippen LogP contribution in [0.15, 0.2) is 35.3 Å². The molecule has 0 saturated heterocycles. The molecule has 0 amide bonds. The molecule has 1 saturated carbocycles. The topological polar surface area (TPSA) is 51.0 Å². The predicted molar refractivity (Wildman–Crippen MR) is 123 cm³/mol. The third kappa shape index (κ3) is 4.86. The van der Waals surface area contributed by atoms with Crippen LogP contribution in [0.5, 0.6) is 0 Å². The van der Waals surface area contributed by atoms with Crippen LogP contribution in [0.1, 0.15) is 39.3 Å². The van der Waals surface area contributed by atoms with Crippen molar-refractivity contribution in [2.24, 2.45) is 5.41 Å². The first-order valence-electron chi connectivity index (χ1n) is 11.2. The van der Waals surface area contributed by atoms with Crippen LogP contribution in [-0.4, -0.2) is 33.7 Å². The lowest BCUT2D eigenvalue weighted by molar-refractivity contribution is -0.168. The fourth-order valence-electron chi connectivity index (χ4n) is 4.01. The number of hydrogen-bond donors (Lipinski definition) is 0. The molecule has 0 N–H and O–H groups in total. The van der Waals surface area contributed by atoms with Crippen molar-refractivity contribution in [1.29, 1.82) is 0 Å². The van der Waals surface area contributed by atoms with Crippen molar-refractivity contribution in [3.8, 4) is 11.8 Å². The van der Waals surface area contributed by atoms with Crippen molar-refractivity contribution in [3.05, 3.63) is 58.3 Å². The molecule has 0 aliphatic heterocycles. The first-order valence-corrected chi connectivity index (χ1v) is 11.2. The summed E-state index contributed by atoms with van der Waals surface area (Å²) in [5.41, 5.74) is -5.30. The number of benzene rings is 1. The molecular formula is C25H21F7N4O. The van der Waals surface area contributed by atoms with Crippen molar-refractivity contribution in [2.45, 2.75) is 51.8 Å². The van der Waals surface area contributed by atoms with Gasteiger partial charge in [-0.05, 0) is 57.7 Å². The van der Waals surface area contributed by atoms with E-state index in [2.05, 4.69) is 15.9 Å². The summed E-state index contributed by atoms with van der Waals surface area (Å²) in [5, 5.41) is -0.310. The zero-order valence-corrected chi connectivity index (χ0v) is 19.9. The van der Waals surface area contributed by atoms with Crippen LogP contribution < -0.4 is 10.6 Å². The quantitative estimate of drug-likeness (QED) is 0.313. The van der Waals surface area contributed by atoms with Crippen LogP contribution in [0.2, 0.25) is 0 Å². The lowest BCUT2D eigenvalue weighted by Gasteiger charge is -2.29. The summed E-state index contributed by atoms with van der Waals surface area (Å²) >= 11 is 0. The molecule has 12 heteroatoms. The van der Waals surface area contributed by atoms with Crippen molar-refractivity contribution in [2.75, 3.05) is 11.4 Å². The van der Waals surface area contributed by atoms with Gasteiger partial charge in [0.1, 0.15) is 11.2 Å². The summed E-state index contributed by atoms with van der Waals surface area (Å²) < 4.78 is 98.8. The number of aromatic nitrogens is 3. The number of pyridine rings is 1. The normalized spacial score (nSPS) is 15.0. The van der Waals surface area contributed by atoms with Crippen LogP contribution in [0.4, 0.5) is 42.2 Å². The van der Waals surface area contributed by atoms with Crippen molar-refractivity contribution < 1.29 is 30.7 Å². The Kier molecular flexibility index (Phi) is 6.46. The monoisotopic (exact) mass is 526 g/mol. The first kappa shape index (κ1) is 26.4. The number of fused-ring (bicyclic) bond motifs is 1. The van der Waals surface area contributed by atoms with Gasteiger partial charge in [0, 0.05) is 11.7 Å². The molecule has 0 unspecified atom stereocenters. The first-order chi connectivity index (χ1) is 17.2. The van der Waals surface area contributed by atoms with E-state index in [1.807, 2.05) is 5.92 Å². The maximum atomic E-state index is 15.5. The molecule has 3 aromatic rings. The summed E-state index contributed by atoms with van der Waals surface area (Å²) in [6.45, 7) is 3.80. The third-order valence-corrected chi connectivity index (χ3v) is 5.97. The number of hydrogen-bond acceptors (Lipinski definition) is 4. The molecule has 4 rings (SSSR count). The summed E-state index contributed by atoms with van der Waals surface area (Å²) in [6.07, 6.45) is -7.23. The highest BCUT2D eigenvalue weighted by Gasteiger charge is 2.62. The number of rotatable bonds is 4. The molecule has 1 aliphatic rings. The highest BCUT2D eigenvalue weighted by molar-refractivity contribution is 5.92. The Labute approximate surface area is 206 Å². The van der Waals surface area contributed by atoms with Gasteiger partial charge in [0.2, 0.25) is 0 Å². The van der Waals surface area contributed by atoms with Gasteiger partial charge >= 0.3 is 11.9 Å². The van der Waals surface area contributed by atoms with E-state index in [1.165, 1.54) is 16.7 Å². The average molecular weight is 526 g/mol. The fraction of sp³-hybridized carbons (Fsp3) is 0.400. The second-order valence-electron chi connectivity index (χ2n) is 9.68. The van der Waals surface area contributed by atoms with Gasteiger partial charge in [0.25, 0.3) is 6.43 Å². The van der Waals surface area contributed by atoms with E-state index in [9.17, 15) is 26.7 Å². The van der Waals surface area contributed by atoms with Gasteiger partial charge < -0.3 is 4.90 Å². The van der Waals surface area contributed by atoms with E-state index in [0.717, 1.165) is 18.3 Å². The van der Waals surface area contributed by atoms with E-state index in [-0.39, 0.29) is 23.7 Å². The largest absolute Gasteiger partial charge is 0.405 e. The van der Waals surface area contributed by atoms with E-state index in [0.29, 0.717) is 4.90 Å². The average Bonchev–Trinajstić information content (AvgIpc) is 3.57. The van der Waals surface area contributed by atoms with Crippen LogP contribution in [-0.2, 0) is 5.54 Å². The molecule has 0 spiro atoms. The van der Waals surface area contributed by atoms with Crippen molar-refractivity contribution >= 4 is 22.4 Å². The van der Waals surface area contributed by atoms with Gasteiger partial charge in [-0.25, -0.2) is 27.3 Å².